The van der Waals surface area contributed by atoms with E-state index in [1.165, 1.54) is 24.4 Å². The van der Waals surface area contributed by atoms with Crippen molar-refractivity contribution in [1.29, 1.82) is 0 Å². The van der Waals surface area contributed by atoms with Gasteiger partial charge >= 0.3 is 0 Å². The molecule has 0 amide bonds. The Morgan fingerprint density at radius 2 is 1.74 bits per heavy atom. The lowest BCUT2D eigenvalue weighted by atomic mass is 9.93. The number of hydrogen-bond acceptors (Lipinski definition) is 6. The summed E-state index contributed by atoms with van der Waals surface area (Å²) in [6.07, 6.45) is 5.18. The van der Waals surface area contributed by atoms with Gasteiger partial charge in [0.25, 0.3) is 0 Å². The van der Waals surface area contributed by atoms with E-state index < -0.39 is 18.3 Å². The highest BCUT2D eigenvalue weighted by Gasteiger charge is 2.48. The summed E-state index contributed by atoms with van der Waals surface area (Å²) < 4.78 is 63.6. The standard InChI is InChI=1S/C18H15F2N3.C7H13F2NO.CH3FO.CH2O/c19-13-5-3-4-12(10-13)18-15-6-1-2-7-16(15)23(22-18)17-9-8-14(20)11-21-17;1-10-6(5-11)2-3-7(8,9)4-6;2-1-3;1-2/h3-5,8-11H,1-2,6-7H2;10-11H,2-5H2,1H3;3H,1H2;1H2. The number of fused-ring (bicyclic) bond motifs is 1. The third kappa shape index (κ3) is 8.38. The molecule has 3 aromatic rings. The molecule has 2 aliphatic carbocycles. The van der Waals surface area contributed by atoms with Gasteiger partial charge in [-0.1, -0.05) is 12.1 Å². The number of hydrogen-bond donors (Lipinski definition) is 3. The lowest BCUT2D eigenvalue weighted by Gasteiger charge is -2.25. The van der Waals surface area contributed by atoms with Crippen molar-refractivity contribution in [3.8, 4) is 17.1 Å². The van der Waals surface area contributed by atoms with Crippen LogP contribution >= 0.6 is 0 Å². The Morgan fingerprint density at radius 1 is 1.05 bits per heavy atom. The van der Waals surface area contributed by atoms with Crippen LogP contribution in [0, 0.1) is 11.6 Å². The van der Waals surface area contributed by atoms with Crippen LogP contribution in [-0.2, 0) is 17.6 Å². The summed E-state index contributed by atoms with van der Waals surface area (Å²) in [6.45, 7) is 0.541. The largest absolute Gasteiger partial charge is 0.394 e. The van der Waals surface area contributed by atoms with Crippen molar-refractivity contribution in [1.82, 2.24) is 20.1 Å². The van der Waals surface area contributed by atoms with E-state index in [1.807, 2.05) is 12.9 Å². The van der Waals surface area contributed by atoms with Crippen LogP contribution in [0.4, 0.5) is 22.0 Å². The molecule has 0 bridgehead atoms. The molecule has 2 aliphatic rings. The van der Waals surface area contributed by atoms with Gasteiger partial charge in [-0.3, -0.25) is 0 Å². The zero-order valence-corrected chi connectivity index (χ0v) is 21.6. The Kier molecular flexibility index (Phi) is 12.1. The molecule has 3 N–H and O–H groups in total. The normalized spacial score (nSPS) is 18.9. The van der Waals surface area contributed by atoms with Crippen molar-refractivity contribution in [3.63, 3.8) is 0 Å². The predicted molar refractivity (Wildman–Crippen MR) is 136 cm³/mol. The second-order valence-corrected chi connectivity index (χ2v) is 9.08. The molecular formula is C27H33F5N4O3. The van der Waals surface area contributed by atoms with E-state index in [0.29, 0.717) is 12.2 Å². The van der Waals surface area contributed by atoms with Crippen LogP contribution in [-0.4, -0.2) is 63.7 Å². The summed E-state index contributed by atoms with van der Waals surface area (Å²) in [5.74, 6) is -2.65. The fourth-order valence-corrected chi connectivity index (χ4v) is 4.67. The molecule has 0 spiro atoms. The number of nitrogens with zero attached hydrogens (tertiary/aromatic N) is 3. The molecule has 0 radical (unpaired) electrons. The van der Waals surface area contributed by atoms with Crippen LogP contribution in [0.1, 0.15) is 43.4 Å². The van der Waals surface area contributed by atoms with Gasteiger partial charge in [-0.2, -0.15) is 5.10 Å². The average molecular weight is 557 g/mol. The minimum Gasteiger partial charge on any atom is -0.394 e. The van der Waals surface area contributed by atoms with E-state index in [-0.39, 0.29) is 31.1 Å². The van der Waals surface area contributed by atoms with Gasteiger partial charge in [0.1, 0.15) is 18.4 Å². The minimum atomic E-state index is -2.59. The molecule has 2 heterocycles. The zero-order valence-electron chi connectivity index (χ0n) is 21.6. The summed E-state index contributed by atoms with van der Waals surface area (Å²) in [7, 11) is 1.61. The van der Waals surface area contributed by atoms with Gasteiger partial charge in [-0.05, 0) is 63.4 Å². The molecule has 1 fully saturated rings. The maximum atomic E-state index is 13.6. The van der Waals surface area contributed by atoms with E-state index in [9.17, 15) is 22.0 Å². The first kappa shape index (κ1) is 32.0. The summed E-state index contributed by atoms with van der Waals surface area (Å²) in [4.78, 5) is 12.1. The molecule has 39 heavy (non-hydrogen) atoms. The molecule has 5 rings (SSSR count). The first-order valence-electron chi connectivity index (χ1n) is 12.3. The number of benzene rings is 1. The van der Waals surface area contributed by atoms with Gasteiger partial charge in [0.2, 0.25) is 5.92 Å². The van der Waals surface area contributed by atoms with Gasteiger partial charge in [0.05, 0.1) is 18.5 Å². The summed E-state index contributed by atoms with van der Waals surface area (Å²) in [5.41, 5.74) is 3.07. The van der Waals surface area contributed by atoms with Gasteiger partial charge in [0, 0.05) is 35.2 Å². The molecule has 0 aliphatic heterocycles. The van der Waals surface area contributed by atoms with Gasteiger partial charge in [-0.25, -0.2) is 31.6 Å². The van der Waals surface area contributed by atoms with E-state index in [1.54, 1.807) is 23.9 Å². The molecule has 214 valence electrons. The van der Waals surface area contributed by atoms with E-state index in [4.69, 9.17) is 15.0 Å². The number of carbonyl (C=O) groups excluding carboxylic acids is 1. The van der Waals surface area contributed by atoms with Crippen LogP contribution in [0.3, 0.4) is 0 Å². The molecule has 1 aromatic carbocycles. The molecule has 12 heteroatoms. The fraction of sp³-hybridized carbons (Fsp3) is 0.444. The summed E-state index contributed by atoms with van der Waals surface area (Å²) >= 11 is 0. The maximum Gasteiger partial charge on any atom is 0.250 e. The number of pyridine rings is 1. The van der Waals surface area contributed by atoms with Crippen molar-refractivity contribution in [2.24, 2.45) is 0 Å². The Bertz CT molecular complexity index is 1170. The molecule has 1 atom stereocenters. The second-order valence-electron chi connectivity index (χ2n) is 9.08. The Hall–Kier alpha value is -3.22. The summed E-state index contributed by atoms with van der Waals surface area (Å²) in [5, 5.41) is 23.2. The number of nitrogens with one attached hydrogen (secondary N) is 1. The quantitative estimate of drug-likeness (QED) is 0.408. The second kappa shape index (κ2) is 14.8. The van der Waals surface area contributed by atoms with E-state index in [2.05, 4.69) is 15.4 Å². The number of aliphatic hydroxyl groups excluding tert-OH is 2. The van der Waals surface area contributed by atoms with Gasteiger partial charge < -0.3 is 20.3 Å². The number of carbonyl (C=O) groups is 1. The molecule has 1 unspecified atom stereocenters. The van der Waals surface area contributed by atoms with Crippen molar-refractivity contribution in [2.75, 3.05) is 20.5 Å². The Morgan fingerprint density at radius 3 is 2.26 bits per heavy atom. The number of likely N-dealkylation sites (N-methyl/N-ethyl adjacent to an activating group) is 1. The zero-order chi connectivity index (χ0) is 29.1. The number of aliphatic hydroxyl groups is 2. The highest BCUT2D eigenvalue weighted by atomic mass is 19.3. The minimum absolute atomic E-state index is 0.117. The topological polar surface area (TPSA) is 100 Å². The third-order valence-electron chi connectivity index (χ3n) is 6.61. The number of aromatic nitrogens is 3. The Balaban J connectivity index is 0.000000280. The molecular weight excluding hydrogens is 523 g/mol. The maximum absolute atomic E-state index is 13.6. The lowest BCUT2D eigenvalue weighted by Crippen LogP contribution is -2.44. The molecule has 7 nitrogen and oxygen atoms in total. The molecule has 0 saturated heterocycles. The fourth-order valence-electron chi connectivity index (χ4n) is 4.67. The first-order valence-corrected chi connectivity index (χ1v) is 12.3. The van der Waals surface area contributed by atoms with E-state index in [0.717, 1.165) is 48.2 Å². The summed E-state index contributed by atoms with van der Waals surface area (Å²) in [6, 6.07) is 9.47. The Labute approximate surface area is 223 Å². The van der Waals surface area contributed by atoms with Crippen LogP contribution < -0.4 is 5.32 Å². The SMILES string of the molecule is C=O.CNC1(CO)CCC(F)(F)C1.Fc1ccc(-n2nc(-c3cccc(F)c3)c3c2CCCC3)nc1.OCF. The smallest absolute Gasteiger partial charge is 0.250 e. The predicted octanol–water partition coefficient (Wildman–Crippen LogP) is 4.57. The van der Waals surface area contributed by atoms with Crippen LogP contribution in [0.25, 0.3) is 17.1 Å². The monoisotopic (exact) mass is 556 g/mol. The van der Waals surface area contributed by atoms with Crippen molar-refractivity contribution in [2.45, 2.75) is 56.4 Å². The molecule has 1 saturated carbocycles. The van der Waals surface area contributed by atoms with Crippen molar-refractivity contribution < 1.29 is 37.0 Å². The van der Waals surface area contributed by atoms with Gasteiger partial charge in [0.15, 0.2) is 12.7 Å². The average Bonchev–Trinajstić information content (AvgIpc) is 3.49. The van der Waals surface area contributed by atoms with Crippen LogP contribution in [0.15, 0.2) is 42.6 Å². The van der Waals surface area contributed by atoms with Crippen molar-refractivity contribution in [3.05, 3.63) is 65.5 Å². The van der Waals surface area contributed by atoms with Crippen LogP contribution in [0.5, 0.6) is 0 Å². The lowest BCUT2D eigenvalue weighted by molar-refractivity contribution is -0.0980. The first-order chi connectivity index (χ1) is 18.7. The van der Waals surface area contributed by atoms with Crippen LogP contribution in [0.2, 0.25) is 0 Å². The number of rotatable bonds is 4. The number of alkyl halides is 3. The molecule has 2 aromatic heterocycles. The highest BCUT2D eigenvalue weighted by molar-refractivity contribution is 5.65. The highest BCUT2D eigenvalue weighted by Crippen LogP contribution is 2.41. The van der Waals surface area contributed by atoms with Crippen molar-refractivity contribution >= 4 is 6.79 Å². The number of halogens is 5. The third-order valence-corrected chi connectivity index (χ3v) is 6.61. The van der Waals surface area contributed by atoms with Gasteiger partial charge in [-0.15, -0.1) is 0 Å². The van der Waals surface area contributed by atoms with E-state index >= 15 is 0 Å².